The van der Waals surface area contributed by atoms with Crippen molar-refractivity contribution >= 4 is 0 Å². The normalized spacial score (nSPS) is 31.7. The molecule has 9 nitrogen and oxygen atoms in total. The Labute approximate surface area is 166 Å². The number of hydrogen-bond acceptors (Lipinski definition) is 9. The fourth-order valence-electron chi connectivity index (χ4n) is 3.59. The summed E-state index contributed by atoms with van der Waals surface area (Å²) in [6.07, 6.45) is -6.65. The van der Waals surface area contributed by atoms with Crippen molar-refractivity contribution in [2.24, 2.45) is 0 Å². The van der Waals surface area contributed by atoms with Gasteiger partial charge in [-0.3, -0.25) is 0 Å². The molecule has 0 spiro atoms. The van der Waals surface area contributed by atoms with Crippen LogP contribution in [-0.4, -0.2) is 68.0 Å². The molecule has 0 unspecified atom stereocenters. The van der Waals surface area contributed by atoms with Crippen LogP contribution in [0.3, 0.4) is 0 Å². The molecule has 4 rings (SSSR count). The van der Waals surface area contributed by atoms with Gasteiger partial charge in [-0.25, -0.2) is 0 Å². The van der Waals surface area contributed by atoms with Crippen molar-refractivity contribution in [2.75, 3.05) is 6.61 Å². The summed E-state index contributed by atoms with van der Waals surface area (Å²) in [5, 5.41) is 59.3. The van der Waals surface area contributed by atoms with Crippen LogP contribution in [0, 0.1) is 0 Å². The predicted molar refractivity (Wildman–Crippen MR) is 97.6 cm³/mol. The summed E-state index contributed by atoms with van der Waals surface area (Å²) in [4.78, 5) is 0. The molecule has 0 radical (unpaired) electrons. The van der Waals surface area contributed by atoms with Gasteiger partial charge in [0.15, 0.2) is 12.4 Å². The van der Waals surface area contributed by atoms with Crippen LogP contribution in [0.25, 0.3) is 0 Å². The van der Waals surface area contributed by atoms with Crippen LogP contribution < -0.4 is 4.74 Å². The highest BCUT2D eigenvalue weighted by Gasteiger charge is 2.42. The van der Waals surface area contributed by atoms with E-state index in [1.54, 1.807) is 12.1 Å². The van der Waals surface area contributed by atoms with E-state index in [0.717, 1.165) is 0 Å². The standard InChI is InChI=1S/C20H22O9/c21-10-3-1-9(2-4-10)19-16(29-20-18(26)17(25)14(24)8-27-20)7-12-13(23)5-11(22)6-15(12)28-19/h1-6,14,16-26H,7-8H2/t14-,16-,17+,18-,19+,20+/m1/s1. The van der Waals surface area contributed by atoms with Gasteiger partial charge in [-0.2, -0.15) is 0 Å². The number of fused-ring (bicyclic) bond motifs is 1. The summed E-state index contributed by atoms with van der Waals surface area (Å²) in [5.41, 5.74) is 1.06. The molecule has 2 aromatic rings. The second-order valence-electron chi connectivity index (χ2n) is 7.20. The van der Waals surface area contributed by atoms with E-state index in [2.05, 4.69) is 0 Å². The Kier molecular flexibility index (Phi) is 5.24. The van der Waals surface area contributed by atoms with Crippen molar-refractivity contribution in [3.63, 3.8) is 0 Å². The van der Waals surface area contributed by atoms with Gasteiger partial charge >= 0.3 is 0 Å². The number of aromatic hydroxyl groups is 3. The molecule has 0 bridgehead atoms. The summed E-state index contributed by atoms with van der Waals surface area (Å²) < 4.78 is 17.2. The Morgan fingerprint density at radius 1 is 0.897 bits per heavy atom. The summed E-state index contributed by atoms with van der Waals surface area (Å²) >= 11 is 0. The molecule has 0 amide bonds. The summed E-state index contributed by atoms with van der Waals surface area (Å²) in [7, 11) is 0. The van der Waals surface area contributed by atoms with Crippen LogP contribution in [0.4, 0.5) is 0 Å². The zero-order valence-corrected chi connectivity index (χ0v) is 15.3. The molecule has 2 aliphatic rings. The molecule has 2 aliphatic heterocycles. The first-order chi connectivity index (χ1) is 13.8. The van der Waals surface area contributed by atoms with E-state index in [1.165, 1.54) is 24.3 Å². The smallest absolute Gasteiger partial charge is 0.186 e. The van der Waals surface area contributed by atoms with E-state index < -0.39 is 36.8 Å². The molecule has 0 aromatic heterocycles. The zero-order chi connectivity index (χ0) is 20.7. The fraction of sp³-hybridized carbons (Fsp3) is 0.400. The maximum Gasteiger partial charge on any atom is 0.186 e. The summed E-state index contributed by atoms with van der Waals surface area (Å²) in [6.45, 7) is -0.212. The Hall–Kier alpha value is -2.56. The molecule has 6 N–H and O–H groups in total. The third kappa shape index (κ3) is 3.83. The lowest BCUT2D eigenvalue weighted by atomic mass is 9.93. The number of aliphatic hydroxyl groups excluding tert-OH is 3. The Balaban J connectivity index is 1.65. The van der Waals surface area contributed by atoms with Crippen LogP contribution in [0.15, 0.2) is 36.4 Å². The van der Waals surface area contributed by atoms with Gasteiger partial charge in [0, 0.05) is 24.1 Å². The first kappa shape index (κ1) is 19.7. The average Bonchev–Trinajstić information content (AvgIpc) is 2.69. The highest BCUT2D eigenvalue weighted by Crippen LogP contribution is 2.43. The van der Waals surface area contributed by atoms with Gasteiger partial charge in [0.2, 0.25) is 0 Å². The van der Waals surface area contributed by atoms with Gasteiger partial charge in [0.1, 0.15) is 47.4 Å². The number of hydrogen-bond donors (Lipinski definition) is 6. The topological polar surface area (TPSA) is 149 Å². The lowest BCUT2D eigenvalue weighted by Gasteiger charge is -2.40. The second-order valence-corrected chi connectivity index (χ2v) is 7.20. The molecule has 6 atom stereocenters. The maximum absolute atomic E-state index is 10.2. The van der Waals surface area contributed by atoms with Gasteiger partial charge in [0.05, 0.1) is 6.61 Å². The largest absolute Gasteiger partial charge is 0.508 e. The summed E-state index contributed by atoms with van der Waals surface area (Å²) in [6, 6.07) is 8.81. The molecule has 9 heteroatoms. The zero-order valence-electron chi connectivity index (χ0n) is 15.3. The van der Waals surface area contributed by atoms with E-state index in [0.29, 0.717) is 11.1 Å². The van der Waals surface area contributed by atoms with Gasteiger partial charge in [-0.1, -0.05) is 12.1 Å². The van der Waals surface area contributed by atoms with Crippen molar-refractivity contribution in [3.05, 3.63) is 47.5 Å². The van der Waals surface area contributed by atoms with Crippen molar-refractivity contribution in [3.8, 4) is 23.0 Å². The second kappa shape index (κ2) is 7.69. The van der Waals surface area contributed by atoms with Crippen LogP contribution in [0.2, 0.25) is 0 Å². The Bertz CT molecular complexity index is 869. The molecular weight excluding hydrogens is 384 g/mol. The molecular formula is C20H22O9. The molecule has 2 heterocycles. The van der Waals surface area contributed by atoms with E-state index in [4.69, 9.17) is 14.2 Å². The maximum atomic E-state index is 10.2. The minimum atomic E-state index is -1.48. The van der Waals surface area contributed by atoms with Gasteiger partial charge in [-0.05, 0) is 17.7 Å². The summed E-state index contributed by atoms with van der Waals surface area (Å²) in [5.74, 6) is 0.0217. The highest BCUT2D eigenvalue weighted by atomic mass is 16.7. The number of rotatable bonds is 3. The van der Waals surface area contributed by atoms with Gasteiger partial charge < -0.3 is 44.8 Å². The van der Waals surface area contributed by atoms with Crippen LogP contribution in [0.5, 0.6) is 23.0 Å². The molecule has 0 saturated carbocycles. The molecule has 29 heavy (non-hydrogen) atoms. The van der Waals surface area contributed by atoms with Gasteiger partial charge in [0.25, 0.3) is 0 Å². The highest BCUT2D eigenvalue weighted by molar-refractivity contribution is 5.51. The molecule has 156 valence electrons. The number of ether oxygens (including phenoxy) is 3. The first-order valence-corrected chi connectivity index (χ1v) is 9.15. The number of benzene rings is 2. The number of phenolic OH excluding ortho intramolecular Hbond substituents is 3. The SMILES string of the molecule is Oc1ccc([C@@H]2Oc3cc(O)cc(O)c3C[C@H]2O[C@@H]2OC[C@@H](O)[C@H](O)[C@H]2O)cc1. The Morgan fingerprint density at radius 2 is 1.62 bits per heavy atom. The third-order valence-electron chi connectivity index (χ3n) is 5.15. The molecule has 1 fully saturated rings. The molecule has 2 aromatic carbocycles. The minimum Gasteiger partial charge on any atom is -0.508 e. The van der Waals surface area contributed by atoms with Crippen molar-refractivity contribution < 1.29 is 44.8 Å². The van der Waals surface area contributed by atoms with E-state index >= 15 is 0 Å². The van der Waals surface area contributed by atoms with E-state index in [-0.39, 0.29) is 36.0 Å². The molecule has 0 aliphatic carbocycles. The number of aliphatic hydroxyl groups is 3. The molecule has 1 saturated heterocycles. The Morgan fingerprint density at radius 3 is 2.34 bits per heavy atom. The predicted octanol–water partition coefficient (Wildman–Crippen LogP) is 0.304. The van der Waals surface area contributed by atoms with Crippen molar-refractivity contribution in [1.29, 1.82) is 0 Å². The van der Waals surface area contributed by atoms with E-state index in [1.807, 2.05) is 0 Å². The van der Waals surface area contributed by atoms with Crippen molar-refractivity contribution in [1.82, 2.24) is 0 Å². The van der Waals surface area contributed by atoms with Crippen LogP contribution in [0.1, 0.15) is 17.2 Å². The minimum absolute atomic E-state index is 0.0702. The monoisotopic (exact) mass is 406 g/mol. The first-order valence-electron chi connectivity index (χ1n) is 9.15. The quantitative estimate of drug-likeness (QED) is 0.423. The fourth-order valence-corrected chi connectivity index (χ4v) is 3.59. The third-order valence-corrected chi connectivity index (χ3v) is 5.15. The van der Waals surface area contributed by atoms with Gasteiger partial charge in [-0.15, -0.1) is 0 Å². The average molecular weight is 406 g/mol. The lowest BCUT2D eigenvalue weighted by molar-refractivity contribution is -0.290. The van der Waals surface area contributed by atoms with Crippen LogP contribution >= 0.6 is 0 Å². The van der Waals surface area contributed by atoms with Crippen molar-refractivity contribution in [2.45, 2.75) is 43.2 Å². The lowest BCUT2D eigenvalue weighted by Crippen LogP contribution is -2.55. The van der Waals surface area contributed by atoms with E-state index in [9.17, 15) is 30.6 Å². The number of phenols is 3. The van der Waals surface area contributed by atoms with Crippen LogP contribution in [-0.2, 0) is 15.9 Å².